The molecule has 0 radical (unpaired) electrons. The van der Waals surface area contributed by atoms with Crippen molar-refractivity contribution in [3.8, 4) is 12.3 Å². The molecule has 0 aliphatic rings. The van der Waals surface area contributed by atoms with Gasteiger partial charge < -0.3 is 20.9 Å². The molecule has 1 atom stereocenters. The van der Waals surface area contributed by atoms with Gasteiger partial charge in [0.1, 0.15) is 0 Å². The molecule has 0 fully saturated rings. The van der Waals surface area contributed by atoms with Crippen LogP contribution in [0.2, 0.25) is 0 Å². The zero-order valence-corrected chi connectivity index (χ0v) is 17.0. The fraction of sp³-hybridized carbons (Fsp3) is 0.524. The molecular weight excluding hydrogens is 338 g/mol. The molecule has 148 valence electrons. The second-order valence-corrected chi connectivity index (χ2v) is 6.41. The van der Waals surface area contributed by atoms with E-state index in [2.05, 4.69) is 52.5 Å². The van der Waals surface area contributed by atoms with Crippen molar-refractivity contribution < 1.29 is 4.79 Å². The number of nitrogens with one attached hydrogen (secondary N) is 3. The molecule has 0 bridgehead atoms. The highest BCUT2D eigenvalue weighted by Crippen LogP contribution is 2.09. The SMILES string of the molecule is C#Cc1cccc(NC(=O)CNC(=NC)NC(C)CCCN(CC)CC)c1. The first-order chi connectivity index (χ1) is 13.0. The quantitative estimate of drug-likeness (QED) is 0.335. The smallest absolute Gasteiger partial charge is 0.243 e. The highest BCUT2D eigenvalue weighted by molar-refractivity contribution is 5.95. The van der Waals surface area contributed by atoms with Gasteiger partial charge in [0.15, 0.2) is 5.96 Å². The van der Waals surface area contributed by atoms with Crippen LogP contribution in [0.15, 0.2) is 29.3 Å². The van der Waals surface area contributed by atoms with E-state index in [4.69, 9.17) is 6.42 Å². The Balaban J connectivity index is 2.36. The van der Waals surface area contributed by atoms with Crippen LogP contribution in [0.4, 0.5) is 5.69 Å². The maximum atomic E-state index is 12.1. The van der Waals surface area contributed by atoms with E-state index < -0.39 is 0 Å². The average molecular weight is 372 g/mol. The van der Waals surface area contributed by atoms with Gasteiger partial charge in [-0.3, -0.25) is 9.79 Å². The third-order valence-corrected chi connectivity index (χ3v) is 4.34. The monoisotopic (exact) mass is 371 g/mol. The molecule has 0 spiro atoms. The molecule has 6 heteroatoms. The molecular formula is C21H33N5O. The second kappa shape index (κ2) is 12.8. The van der Waals surface area contributed by atoms with Crippen molar-refractivity contribution in [2.45, 2.75) is 39.7 Å². The van der Waals surface area contributed by atoms with Crippen LogP contribution in [0.25, 0.3) is 0 Å². The molecule has 1 rings (SSSR count). The number of hydrogen-bond acceptors (Lipinski definition) is 3. The summed E-state index contributed by atoms with van der Waals surface area (Å²) in [6.45, 7) is 9.90. The van der Waals surface area contributed by atoms with E-state index in [0.717, 1.165) is 38.0 Å². The van der Waals surface area contributed by atoms with Crippen LogP contribution < -0.4 is 16.0 Å². The van der Waals surface area contributed by atoms with Gasteiger partial charge in [-0.1, -0.05) is 25.8 Å². The van der Waals surface area contributed by atoms with Crippen LogP contribution in [-0.2, 0) is 4.79 Å². The van der Waals surface area contributed by atoms with Gasteiger partial charge in [0, 0.05) is 24.3 Å². The van der Waals surface area contributed by atoms with Gasteiger partial charge in [-0.2, -0.15) is 0 Å². The molecule has 0 aliphatic heterocycles. The molecule has 1 amide bonds. The molecule has 27 heavy (non-hydrogen) atoms. The summed E-state index contributed by atoms with van der Waals surface area (Å²) in [5.41, 5.74) is 1.42. The standard InChI is InChI=1S/C21H33N5O/c1-6-18-12-9-13-19(15-18)25-20(27)16-23-21(22-5)24-17(4)11-10-14-26(7-2)8-3/h1,9,12-13,15,17H,7-8,10-11,14,16H2,2-5H3,(H,25,27)(H2,22,23,24). The summed E-state index contributed by atoms with van der Waals surface area (Å²) in [6.07, 6.45) is 7.55. The molecule has 0 saturated carbocycles. The van der Waals surface area contributed by atoms with Gasteiger partial charge in [0.2, 0.25) is 5.91 Å². The minimum Gasteiger partial charge on any atom is -0.354 e. The predicted molar refractivity (Wildman–Crippen MR) is 114 cm³/mol. The third-order valence-electron chi connectivity index (χ3n) is 4.34. The topological polar surface area (TPSA) is 68.8 Å². The summed E-state index contributed by atoms with van der Waals surface area (Å²) in [5.74, 6) is 3.02. The van der Waals surface area contributed by atoms with Crippen molar-refractivity contribution in [3.05, 3.63) is 29.8 Å². The van der Waals surface area contributed by atoms with Gasteiger partial charge in [-0.15, -0.1) is 6.42 Å². The Bertz CT molecular complexity index is 646. The van der Waals surface area contributed by atoms with Gasteiger partial charge in [-0.05, 0) is 57.6 Å². The molecule has 0 aliphatic carbocycles. The average Bonchev–Trinajstić information content (AvgIpc) is 2.68. The number of carbonyl (C=O) groups is 1. The molecule has 1 aromatic rings. The van der Waals surface area contributed by atoms with Crippen molar-refractivity contribution in [1.29, 1.82) is 0 Å². The Hall–Kier alpha value is -2.52. The number of aliphatic imine (C=N–C) groups is 1. The van der Waals surface area contributed by atoms with Crippen LogP contribution in [-0.4, -0.2) is 56.0 Å². The first-order valence-corrected chi connectivity index (χ1v) is 9.58. The Morgan fingerprint density at radius 2 is 2.07 bits per heavy atom. The van der Waals surface area contributed by atoms with Crippen molar-refractivity contribution in [2.75, 3.05) is 38.5 Å². The largest absolute Gasteiger partial charge is 0.354 e. The van der Waals surface area contributed by atoms with E-state index in [1.54, 1.807) is 13.1 Å². The zero-order valence-electron chi connectivity index (χ0n) is 17.0. The van der Waals surface area contributed by atoms with E-state index in [1.165, 1.54) is 0 Å². The molecule has 1 aromatic carbocycles. The van der Waals surface area contributed by atoms with Crippen LogP contribution >= 0.6 is 0 Å². The minimum atomic E-state index is -0.152. The maximum Gasteiger partial charge on any atom is 0.243 e. The fourth-order valence-corrected chi connectivity index (χ4v) is 2.72. The Labute approximate surface area is 163 Å². The number of benzene rings is 1. The lowest BCUT2D eigenvalue weighted by Gasteiger charge is -2.21. The molecule has 1 unspecified atom stereocenters. The first-order valence-electron chi connectivity index (χ1n) is 9.58. The zero-order chi connectivity index (χ0) is 20.1. The number of hydrogen-bond donors (Lipinski definition) is 3. The van der Waals surface area contributed by atoms with Gasteiger partial charge in [0.05, 0.1) is 6.54 Å². The normalized spacial score (nSPS) is 12.4. The molecule has 0 heterocycles. The summed E-state index contributed by atoms with van der Waals surface area (Å²) in [4.78, 5) is 18.7. The van der Waals surface area contributed by atoms with E-state index >= 15 is 0 Å². The molecule has 0 saturated heterocycles. The van der Waals surface area contributed by atoms with Crippen molar-refractivity contribution in [1.82, 2.24) is 15.5 Å². The van der Waals surface area contributed by atoms with Crippen molar-refractivity contribution in [3.63, 3.8) is 0 Å². The fourth-order valence-electron chi connectivity index (χ4n) is 2.72. The van der Waals surface area contributed by atoms with Crippen molar-refractivity contribution in [2.24, 2.45) is 4.99 Å². The first kappa shape index (κ1) is 22.5. The summed E-state index contributed by atoms with van der Waals surface area (Å²) in [7, 11) is 1.70. The number of carbonyl (C=O) groups excluding carboxylic acids is 1. The lowest BCUT2D eigenvalue weighted by atomic mass is 10.2. The Morgan fingerprint density at radius 3 is 2.70 bits per heavy atom. The van der Waals surface area contributed by atoms with Crippen LogP contribution in [0.1, 0.15) is 39.2 Å². The lowest BCUT2D eigenvalue weighted by Crippen LogP contribution is -2.45. The van der Waals surface area contributed by atoms with Gasteiger partial charge in [-0.25, -0.2) is 0 Å². The van der Waals surface area contributed by atoms with Gasteiger partial charge in [0.25, 0.3) is 0 Å². The van der Waals surface area contributed by atoms with E-state index in [0.29, 0.717) is 11.6 Å². The van der Waals surface area contributed by atoms with Crippen LogP contribution in [0, 0.1) is 12.3 Å². The van der Waals surface area contributed by atoms with Crippen molar-refractivity contribution >= 4 is 17.6 Å². The van der Waals surface area contributed by atoms with Crippen LogP contribution in [0.3, 0.4) is 0 Å². The summed E-state index contributed by atoms with van der Waals surface area (Å²) < 4.78 is 0. The number of anilines is 1. The van der Waals surface area contributed by atoms with Crippen LogP contribution in [0.5, 0.6) is 0 Å². The highest BCUT2D eigenvalue weighted by Gasteiger charge is 2.08. The summed E-state index contributed by atoms with van der Waals surface area (Å²) in [5, 5.41) is 9.20. The molecule has 3 N–H and O–H groups in total. The highest BCUT2D eigenvalue weighted by atomic mass is 16.1. The Kier molecular flexibility index (Phi) is 10.7. The second-order valence-electron chi connectivity index (χ2n) is 6.41. The number of terminal acetylenes is 1. The number of rotatable bonds is 10. The van der Waals surface area contributed by atoms with E-state index in [1.807, 2.05) is 18.2 Å². The van der Waals surface area contributed by atoms with E-state index in [9.17, 15) is 4.79 Å². The molecule has 0 aromatic heterocycles. The third kappa shape index (κ3) is 9.11. The Morgan fingerprint density at radius 1 is 1.33 bits per heavy atom. The number of guanidine groups is 1. The maximum absolute atomic E-state index is 12.1. The molecule has 6 nitrogen and oxygen atoms in total. The number of amides is 1. The number of nitrogens with zero attached hydrogens (tertiary/aromatic N) is 2. The lowest BCUT2D eigenvalue weighted by molar-refractivity contribution is -0.115. The predicted octanol–water partition coefficient (Wildman–Crippen LogP) is 2.28. The summed E-state index contributed by atoms with van der Waals surface area (Å²) >= 11 is 0. The minimum absolute atomic E-state index is 0.131. The summed E-state index contributed by atoms with van der Waals surface area (Å²) in [6, 6.07) is 7.49. The van der Waals surface area contributed by atoms with Gasteiger partial charge >= 0.3 is 0 Å². The van der Waals surface area contributed by atoms with E-state index in [-0.39, 0.29) is 18.5 Å².